The minimum atomic E-state index is -0.146. The fourth-order valence-electron chi connectivity index (χ4n) is 5.52. The second-order valence-electron chi connectivity index (χ2n) is 8.90. The summed E-state index contributed by atoms with van der Waals surface area (Å²) >= 11 is 0. The number of Topliss-reactive ketones (excluding diaryl/α,β-unsaturated/α-hetero) is 1. The van der Waals surface area contributed by atoms with Gasteiger partial charge in [-0.05, 0) is 74.3 Å². The molecule has 2 aromatic carbocycles. The molecule has 2 bridgehead atoms. The van der Waals surface area contributed by atoms with E-state index in [4.69, 9.17) is 4.74 Å². The third-order valence-corrected chi connectivity index (χ3v) is 7.20. The summed E-state index contributed by atoms with van der Waals surface area (Å²) in [6.45, 7) is 3.89. The number of fused-ring (bicyclic) bond motifs is 5. The molecule has 30 heavy (non-hydrogen) atoms. The average Bonchev–Trinajstić information content (AvgIpc) is 3.42. The summed E-state index contributed by atoms with van der Waals surface area (Å²) in [5.74, 6) is 0.654. The number of anilines is 1. The molecule has 1 heterocycles. The van der Waals surface area contributed by atoms with Gasteiger partial charge in [-0.25, -0.2) is 4.90 Å². The number of benzene rings is 2. The lowest BCUT2D eigenvalue weighted by Gasteiger charge is -2.19. The highest BCUT2D eigenvalue weighted by Gasteiger charge is 2.61. The lowest BCUT2D eigenvalue weighted by molar-refractivity contribution is -0.123. The first-order valence-corrected chi connectivity index (χ1v) is 10.6. The number of carbonyl (C=O) groups is 3. The molecule has 0 unspecified atom stereocenters. The van der Waals surface area contributed by atoms with Crippen molar-refractivity contribution in [3.05, 3.63) is 59.2 Å². The zero-order valence-electron chi connectivity index (χ0n) is 17.3. The Morgan fingerprint density at radius 2 is 1.67 bits per heavy atom. The molecule has 2 aliphatic carbocycles. The molecule has 0 spiro atoms. The number of rotatable bonds is 5. The maximum atomic E-state index is 13.0. The summed E-state index contributed by atoms with van der Waals surface area (Å²) in [4.78, 5) is 39.9. The van der Waals surface area contributed by atoms with Crippen molar-refractivity contribution < 1.29 is 19.1 Å². The lowest BCUT2D eigenvalue weighted by Crippen LogP contribution is -2.32. The highest BCUT2D eigenvalue weighted by molar-refractivity contribution is 6.22. The topological polar surface area (TPSA) is 63.7 Å². The molecule has 0 aromatic heterocycles. The quantitative estimate of drug-likeness (QED) is 0.557. The number of ether oxygens (including phenoxy) is 1. The number of nitrogens with zero attached hydrogens (tertiary/aromatic N) is 1. The molecule has 0 radical (unpaired) electrons. The molecule has 3 aliphatic rings. The van der Waals surface area contributed by atoms with Crippen LogP contribution in [-0.4, -0.2) is 24.2 Å². The van der Waals surface area contributed by atoms with Crippen LogP contribution in [0.4, 0.5) is 5.69 Å². The van der Waals surface area contributed by atoms with Crippen molar-refractivity contribution in [3.63, 3.8) is 0 Å². The van der Waals surface area contributed by atoms with Crippen LogP contribution in [0, 0.1) is 37.5 Å². The predicted molar refractivity (Wildman–Crippen MR) is 112 cm³/mol. The molecule has 154 valence electrons. The molecular weight excluding hydrogens is 378 g/mol. The highest BCUT2D eigenvalue weighted by atomic mass is 16.5. The maximum Gasteiger partial charge on any atom is 0.237 e. The summed E-state index contributed by atoms with van der Waals surface area (Å²) < 4.78 is 5.71. The number of aryl methyl sites for hydroxylation is 2. The zero-order chi connectivity index (χ0) is 21.0. The van der Waals surface area contributed by atoms with E-state index >= 15 is 0 Å². The molecule has 2 aromatic rings. The number of ketones is 1. The van der Waals surface area contributed by atoms with Crippen molar-refractivity contribution in [2.45, 2.75) is 33.1 Å². The first-order chi connectivity index (χ1) is 14.4. The molecule has 1 aliphatic heterocycles. The Kier molecular flexibility index (Phi) is 4.49. The second kappa shape index (κ2) is 7.08. The molecule has 1 saturated heterocycles. The molecule has 5 nitrogen and oxygen atoms in total. The first-order valence-electron chi connectivity index (χ1n) is 10.6. The van der Waals surface area contributed by atoms with E-state index in [1.807, 2.05) is 26.0 Å². The Hall–Kier alpha value is -2.95. The molecule has 2 saturated carbocycles. The van der Waals surface area contributed by atoms with E-state index < -0.39 is 0 Å². The zero-order valence-corrected chi connectivity index (χ0v) is 17.3. The van der Waals surface area contributed by atoms with Crippen molar-refractivity contribution in [1.29, 1.82) is 0 Å². The summed E-state index contributed by atoms with van der Waals surface area (Å²) in [7, 11) is 0. The molecule has 3 fully saturated rings. The fraction of sp³-hybridized carbons (Fsp3) is 0.400. The normalized spacial score (nSPS) is 26.9. The van der Waals surface area contributed by atoms with Crippen LogP contribution in [0.3, 0.4) is 0 Å². The van der Waals surface area contributed by atoms with Gasteiger partial charge in [-0.1, -0.05) is 18.2 Å². The minimum absolute atomic E-state index is 0.0689. The Morgan fingerprint density at radius 1 is 0.967 bits per heavy atom. The molecule has 2 amide bonds. The Bertz CT molecular complexity index is 1030. The molecule has 4 atom stereocenters. The first kappa shape index (κ1) is 19.0. The molecular formula is C25H25NO4. The van der Waals surface area contributed by atoms with Crippen LogP contribution in [-0.2, 0) is 9.59 Å². The monoisotopic (exact) mass is 403 g/mol. The van der Waals surface area contributed by atoms with Crippen molar-refractivity contribution in [2.24, 2.45) is 23.7 Å². The third kappa shape index (κ3) is 2.95. The van der Waals surface area contributed by atoms with Crippen LogP contribution >= 0.6 is 0 Å². The molecule has 0 N–H and O–H groups in total. The van der Waals surface area contributed by atoms with Crippen molar-refractivity contribution in [3.8, 4) is 5.75 Å². The van der Waals surface area contributed by atoms with Gasteiger partial charge in [-0.15, -0.1) is 0 Å². The highest BCUT2D eigenvalue weighted by Crippen LogP contribution is 2.56. The van der Waals surface area contributed by atoms with Crippen LogP contribution in [0.1, 0.15) is 40.7 Å². The van der Waals surface area contributed by atoms with Gasteiger partial charge in [0.15, 0.2) is 12.4 Å². The maximum absolute atomic E-state index is 13.0. The second-order valence-corrected chi connectivity index (χ2v) is 8.90. The molecule has 5 heteroatoms. The van der Waals surface area contributed by atoms with Gasteiger partial charge in [0, 0.05) is 11.6 Å². The van der Waals surface area contributed by atoms with E-state index in [1.54, 1.807) is 30.3 Å². The van der Waals surface area contributed by atoms with Crippen LogP contribution in [0.5, 0.6) is 5.75 Å². The van der Waals surface area contributed by atoms with Crippen LogP contribution < -0.4 is 9.64 Å². The van der Waals surface area contributed by atoms with Gasteiger partial charge in [0.2, 0.25) is 11.8 Å². The van der Waals surface area contributed by atoms with Crippen molar-refractivity contribution in [2.75, 3.05) is 11.5 Å². The van der Waals surface area contributed by atoms with Crippen LogP contribution in [0.2, 0.25) is 0 Å². The number of carbonyl (C=O) groups excluding carboxylic acids is 3. The van der Waals surface area contributed by atoms with Gasteiger partial charge in [-0.2, -0.15) is 0 Å². The van der Waals surface area contributed by atoms with E-state index in [1.165, 1.54) is 4.90 Å². The summed E-state index contributed by atoms with van der Waals surface area (Å²) in [5.41, 5.74) is 3.35. The van der Waals surface area contributed by atoms with E-state index in [0.717, 1.165) is 30.4 Å². The SMILES string of the molecule is Cc1ccc(C(=O)COc2cccc(N3C(=O)[C@@H]4[C@H]5CC[C@H](C5)[C@@H]4C3=O)c2)cc1C. The number of amides is 2. The van der Waals surface area contributed by atoms with Gasteiger partial charge in [0.25, 0.3) is 0 Å². The third-order valence-electron chi connectivity index (χ3n) is 7.20. The van der Waals surface area contributed by atoms with E-state index in [0.29, 0.717) is 28.8 Å². The average molecular weight is 403 g/mol. The predicted octanol–water partition coefficient (Wildman–Crippen LogP) is 4.10. The number of hydrogen-bond donors (Lipinski definition) is 0. The van der Waals surface area contributed by atoms with E-state index in [2.05, 4.69) is 0 Å². The van der Waals surface area contributed by atoms with Crippen LogP contribution in [0.25, 0.3) is 0 Å². The Labute approximate surface area is 176 Å². The largest absolute Gasteiger partial charge is 0.485 e. The Morgan fingerprint density at radius 3 is 2.33 bits per heavy atom. The lowest BCUT2D eigenvalue weighted by atomic mass is 9.81. The summed E-state index contributed by atoms with van der Waals surface area (Å²) in [6.07, 6.45) is 3.13. The van der Waals surface area contributed by atoms with Crippen LogP contribution in [0.15, 0.2) is 42.5 Å². The molecule has 5 rings (SSSR count). The van der Waals surface area contributed by atoms with Gasteiger partial charge < -0.3 is 4.74 Å². The van der Waals surface area contributed by atoms with E-state index in [9.17, 15) is 14.4 Å². The van der Waals surface area contributed by atoms with Gasteiger partial charge >= 0.3 is 0 Å². The van der Waals surface area contributed by atoms with E-state index in [-0.39, 0.29) is 36.0 Å². The smallest absolute Gasteiger partial charge is 0.237 e. The van der Waals surface area contributed by atoms with Gasteiger partial charge in [0.05, 0.1) is 17.5 Å². The Balaban J connectivity index is 1.31. The summed E-state index contributed by atoms with van der Waals surface area (Å²) in [5, 5.41) is 0. The van der Waals surface area contributed by atoms with Crippen molar-refractivity contribution in [1.82, 2.24) is 0 Å². The van der Waals surface area contributed by atoms with Gasteiger partial charge in [0.1, 0.15) is 5.75 Å². The number of hydrogen-bond acceptors (Lipinski definition) is 4. The van der Waals surface area contributed by atoms with Crippen molar-refractivity contribution >= 4 is 23.3 Å². The number of imide groups is 1. The fourth-order valence-corrected chi connectivity index (χ4v) is 5.52. The summed E-state index contributed by atoms with van der Waals surface area (Å²) in [6, 6.07) is 12.5. The standard InChI is InChI=1S/C25H25NO4/c1-14-6-7-16(10-15(14)2)21(27)13-30-20-5-3-4-19(12-20)26-24(28)22-17-8-9-18(11-17)23(22)25(26)29/h3-7,10,12,17-18,22-23H,8-9,11,13H2,1-2H3/t17-,18+,22+,23-. The minimum Gasteiger partial charge on any atom is -0.485 e. The van der Waals surface area contributed by atoms with Gasteiger partial charge in [-0.3, -0.25) is 14.4 Å².